The van der Waals surface area contributed by atoms with E-state index in [2.05, 4.69) is 20.8 Å². The van der Waals surface area contributed by atoms with E-state index >= 15 is 0 Å². The molecule has 1 radical (unpaired) electrons. The Bertz CT molecular complexity index is 189. The summed E-state index contributed by atoms with van der Waals surface area (Å²) in [6, 6.07) is 0. The molecule has 1 N–H and O–H groups in total. The van der Waals surface area contributed by atoms with Gasteiger partial charge in [0.05, 0.1) is 24.9 Å². The van der Waals surface area contributed by atoms with E-state index in [1.807, 2.05) is 0 Å². The predicted octanol–water partition coefficient (Wildman–Crippen LogP) is 1.83. The van der Waals surface area contributed by atoms with Crippen LogP contribution in [0.3, 0.4) is 0 Å². The predicted molar refractivity (Wildman–Crippen MR) is 59.8 cm³/mol. The number of hydrogen-bond donors (Lipinski definition) is 1. The van der Waals surface area contributed by atoms with Crippen LogP contribution >= 0.6 is 0 Å². The SMILES string of the molecule is CCC1COC(C)C(C)CC(O)C1OC.[Y]. The molecular weight excluding hydrogens is 281 g/mol. The Morgan fingerprint density at radius 2 is 2.00 bits per heavy atom. The molecule has 0 saturated carbocycles. The van der Waals surface area contributed by atoms with Crippen molar-refractivity contribution in [1.29, 1.82) is 0 Å². The molecule has 0 bridgehead atoms. The van der Waals surface area contributed by atoms with Crippen molar-refractivity contribution in [2.45, 2.75) is 51.9 Å². The van der Waals surface area contributed by atoms with Crippen LogP contribution in [0.2, 0.25) is 0 Å². The molecular formula is C12H24O3Y. The van der Waals surface area contributed by atoms with Crippen LogP contribution in [0.1, 0.15) is 33.6 Å². The Kier molecular flexibility index (Phi) is 8.65. The molecule has 1 rings (SSSR count). The minimum Gasteiger partial charge on any atom is -0.390 e. The second-order valence-corrected chi connectivity index (χ2v) is 4.69. The van der Waals surface area contributed by atoms with E-state index in [4.69, 9.17) is 9.47 Å². The van der Waals surface area contributed by atoms with Gasteiger partial charge in [-0.1, -0.05) is 13.8 Å². The van der Waals surface area contributed by atoms with Gasteiger partial charge in [-0.2, -0.15) is 0 Å². The number of aliphatic hydroxyl groups is 1. The van der Waals surface area contributed by atoms with E-state index in [-0.39, 0.29) is 51.0 Å². The molecule has 93 valence electrons. The summed E-state index contributed by atoms with van der Waals surface area (Å²) >= 11 is 0. The third-order valence-electron chi connectivity index (χ3n) is 3.63. The first-order valence-electron chi connectivity index (χ1n) is 5.92. The van der Waals surface area contributed by atoms with Gasteiger partial charge in [0.1, 0.15) is 0 Å². The van der Waals surface area contributed by atoms with Crippen LogP contribution in [0.15, 0.2) is 0 Å². The minimum atomic E-state index is -0.360. The molecule has 3 nitrogen and oxygen atoms in total. The van der Waals surface area contributed by atoms with Crippen molar-refractivity contribution in [2.75, 3.05) is 13.7 Å². The zero-order valence-electron chi connectivity index (χ0n) is 10.8. The summed E-state index contributed by atoms with van der Waals surface area (Å²) < 4.78 is 11.2. The molecule has 1 aliphatic heterocycles. The van der Waals surface area contributed by atoms with Crippen LogP contribution in [0, 0.1) is 11.8 Å². The number of rotatable bonds is 2. The Morgan fingerprint density at radius 3 is 2.50 bits per heavy atom. The van der Waals surface area contributed by atoms with Crippen LogP contribution in [-0.2, 0) is 42.2 Å². The smallest absolute Gasteiger partial charge is 0.0880 e. The Labute approximate surface area is 124 Å². The molecule has 5 atom stereocenters. The maximum absolute atomic E-state index is 10.1. The molecule has 5 unspecified atom stereocenters. The molecule has 0 aliphatic carbocycles. The van der Waals surface area contributed by atoms with Crippen molar-refractivity contribution < 1.29 is 47.3 Å². The molecule has 0 aromatic carbocycles. The standard InChI is InChI=1S/C12H24O3.Y/c1-5-10-7-15-9(3)8(2)6-11(13)12(10)14-4;/h8-13H,5-7H2,1-4H3;. The summed E-state index contributed by atoms with van der Waals surface area (Å²) in [5.74, 6) is 0.690. The van der Waals surface area contributed by atoms with E-state index in [0.29, 0.717) is 18.4 Å². The summed E-state index contributed by atoms with van der Waals surface area (Å²) in [4.78, 5) is 0. The fourth-order valence-corrected chi connectivity index (χ4v) is 2.26. The third-order valence-corrected chi connectivity index (χ3v) is 3.63. The number of hydrogen-bond acceptors (Lipinski definition) is 3. The van der Waals surface area contributed by atoms with Gasteiger partial charge >= 0.3 is 0 Å². The molecule has 1 aliphatic rings. The van der Waals surface area contributed by atoms with E-state index < -0.39 is 0 Å². The maximum atomic E-state index is 10.1. The average molecular weight is 305 g/mol. The normalized spacial score (nSPS) is 40.7. The second-order valence-electron chi connectivity index (χ2n) is 4.69. The first kappa shape index (κ1) is 17.0. The fraction of sp³-hybridized carbons (Fsp3) is 1.00. The average Bonchev–Trinajstić information content (AvgIpc) is 2.21. The monoisotopic (exact) mass is 305 g/mol. The third kappa shape index (κ3) is 4.34. The van der Waals surface area contributed by atoms with E-state index in [1.54, 1.807) is 7.11 Å². The van der Waals surface area contributed by atoms with Crippen LogP contribution in [0.5, 0.6) is 0 Å². The van der Waals surface area contributed by atoms with Crippen LogP contribution in [-0.4, -0.2) is 37.1 Å². The van der Waals surface area contributed by atoms with Gasteiger partial charge in [-0.15, -0.1) is 0 Å². The zero-order chi connectivity index (χ0) is 11.4. The number of aliphatic hydroxyl groups excluding tert-OH is 1. The van der Waals surface area contributed by atoms with Gasteiger partial charge < -0.3 is 14.6 Å². The maximum Gasteiger partial charge on any atom is 0.0880 e. The first-order chi connectivity index (χ1) is 7.10. The van der Waals surface area contributed by atoms with Crippen molar-refractivity contribution in [3.8, 4) is 0 Å². The van der Waals surface area contributed by atoms with E-state index in [9.17, 15) is 5.11 Å². The molecule has 1 fully saturated rings. The van der Waals surface area contributed by atoms with Gasteiger partial charge in [0.15, 0.2) is 0 Å². The van der Waals surface area contributed by atoms with Gasteiger partial charge in [0.25, 0.3) is 0 Å². The largest absolute Gasteiger partial charge is 0.390 e. The Hall–Kier alpha value is 0.984. The summed E-state index contributed by atoms with van der Waals surface area (Å²) in [7, 11) is 1.67. The van der Waals surface area contributed by atoms with E-state index in [0.717, 1.165) is 12.8 Å². The zero-order valence-corrected chi connectivity index (χ0v) is 13.7. The minimum absolute atomic E-state index is 0. The summed E-state index contributed by atoms with van der Waals surface area (Å²) in [5.41, 5.74) is 0. The quantitative estimate of drug-likeness (QED) is 0.846. The van der Waals surface area contributed by atoms with Gasteiger partial charge in [-0.25, -0.2) is 0 Å². The summed E-state index contributed by atoms with van der Waals surface area (Å²) in [6.45, 7) is 7.00. The van der Waals surface area contributed by atoms with Crippen molar-refractivity contribution in [2.24, 2.45) is 11.8 Å². The molecule has 4 heteroatoms. The topological polar surface area (TPSA) is 38.7 Å². The molecule has 0 amide bonds. The second kappa shape index (κ2) is 8.15. The molecule has 0 spiro atoms. The Morgan fingerprint density at radius 1 is 1.38 bits per heavy atom. The van der Waals surface area contributed by atoms with Crippen molar-refractivity contribution >= 4 is 0 Å². The van der Waals surface area contributed by atoms with Crippen LogP contribution in [0.25, 0.3) is 0 Å². The fourth-order valence-electron chi connectivity index (χ4n) is 2.26. The van der Waals surface area contributed by atoms with Crippen LogP contribution in [0.4, 0.5) is 0 Å². The summed E-state index contributed by atoms with van der Waals surface area (Å²) in [6.07, 6.45) is 1.53. The van der Waals surface area contributed by atoms with Gasteiger partial charge in [-0.05, 0) is 25.7 Å². The molecule has 0 aromatic heterocycles. The van der Waals surface area contributed by atoms with E-state index in [1.165, 1.54) is 0 Å². The molecule has 1 saturated heterocycles. The molecule has 16 heavy (non-hydrogen) atoms. The number of ether oxygens (including phenoxy) is 2. The van der Waals surface area contributed by atoms with Gasteiger partial charge in [0, 0.05) is 45.7 Å². The number of methoxy groups -OCH3 is 1. The van der Waals surface area contributed by atoms with Gasteiger partial charge in [-0.3, -0.25) is 0 Å². The molecule has 0 aromatic rings. The Balaban J connectivity index is 0.00000225. The van der Waals surface area contributed by atoms with Crippen molar-refractivity contribution in [3.63, 3.8) is 0 Å². The molecule has 1 heterocycles. The van der Waals surface area contributed by atoms with Crippen LogP contribution < -0.4 is 0 Å². The summed E-state index contributed by atoms with van der Waals surface area (Å²) in [5, 5.41) is 10.1. The van der Waals surface area contributed by atoms with Crippen molar-refractivity contribution in [3.05, 3.63) is 0 Å². The first-order valence-corrected chi connectivity index (χ1v) is 5.92. The van der Waals surface area contributed by atoms with Crippen molar-refractivity contribution in [1.82, 2.24) is 0 Å². The van der Waals surface area contributed by atoms with Gasteiger partial charge in [0.2, 0.25) is 0 Å².